The lowest BCUT2D eigenvalue weighted by Crippen LogP contribution is -2.53. The lowest BCUT2D eigenvalue weighted by molar-refractivity contribution is -0.121. The van der Waals surface area contributed by atoms with Crippen molar-refractivity contribution in [3.8, 4) is 18.1 Å². The lowest BCUT2D eigenvalue weighted by Gasteiger charge is -2.23. The van der Waals surface area contributed by atoms with Gasteiger partial charge in [0.2, 0.25) is 5.82 Å². The number of fused-ring (bicyclic) bond motifs is 1. The summed E-state index contributed by atoms with van der Waals surface area (Å²) in [5.74, 6) is 2.69. The molecule has 8 heteroatoms. The Balaban J connectivity index is 1.51. The van der Waals surface area contributed by atoms with Crippen LogP contribution in [0.3, 0.4) is 0 Å². The number of carbonyl (C=O) groups is 2. The first-order valence-corrected chi connectivity index (χ1v) is 9.77. The van der Waals surface area contributed by atoms with Gasteiger partial charge in [0.25, 0.3) is 11.8 Å². The van der Waals surface area contributed by atoms with Crippen LogP contribution in [0.2, 0.25) is 0 Å². The highest BCUT2D eigenvalue weighted by molar-refractivity contribution is 6.02. The number of aromatic amines is 1. The maximum Gasteiger partial charge on any atom is 0.291 e. The highest BCUT2D eigenvalue weighted by atomic mass is 16.5. The number of likely N-dealkylation sites (N-methyl/N-ethyl adjacent to an activating group) is 1. The molecule has 8 nitrogen and oxygen atoms in total. The normalized spacial score (nSPS) is 17.8. The second-order valence-corrected chi connectivity index (χ2v) is 7.27. The molecule has 2 aromatic carbocycles. The van der Waals surface area contributed by atoms with Crippen LogP contribution in [0.15, 0.2) is 48.5 Å². The van der Waals surface area contributed by atoms with Crippen molar-refractivity contribution in [2.75, 3.05) is 11.9 Å². The zero-order chi connectivity index (χ0) is 22.0. The van der Waals surface area contributed by atoms with Gasteiger partial charge in [-0.3, -0.25) is 14.7 Å². The van der Waals surface area contributed by atoms with E-state index in [1.54, 1.807) is 32.2 Å². The number of H-pyrrole nitrogens is 1. The van der Waals surface area contributed by atoms with Gasteiger partial charge in [-0.1, -0.05) is 36.3 Å². The van der Waals surface area contributed by atoms with Gasteiger partial charge >= 0.3 is 0 Å². The largest absolute Gasteiger partial charge is 0.486 e. The van der Waals surface area contributed by atoms with Gasteiger partial charge in [0.15, 0.2) is 0 Å². The lowest BCUT2D eigenvalue weighted by atomic mass is 10.1. The van der Waals surface area contributed by atoms with Crippen molar-refractivity contribution < 1.29 is 14.3 Å². The molecule has 4 rings (SSSR count). The van der Waals surface area contributed by atoms with E-state index >= 15 is 0 Å². The molecule has 1 aliphatic rings. The third kappa shape index (κ3) is 4.12. The molecule has 31 heavy (non-hydrogen) atoms. The van der Waals surface area contributed by atoms with Crippen molar-refractivity contribution >= 4 is 17.5 Å². The number of benzene rings is 2. The molecule has 0 bridgehead atoms. The zero-order valence-electron chi connectivity index (χ0n) is 17.1. The fourth-order valence-electron chi connectivity index (χ4n) is 3.42. The van der Waals surface area contributed by atoms with Gasteiger partial charge in [-0.25, -0.2) is 4.98 Å². The first-order valence-electron chi connectivity index (χ1n) is 9.77. The number of hydrogen-bond acceptors (Lipinski definition) is 5. The summed E-state index contributed by atoms with van der Waals surface area (Å²) in [7, 11) is 1.62. The molecular formula is C23H21N5O3. The molecule has 0 saturated heterocycles. The maximum absolute atomic E-state index is 13.1. The number of ether oxygens (including phenoxy) is 1. The van der Waals surface area contributed by atoms with E-state index in [9.17, 15) is 9.59 Å². The molecule has 0 unspecified atom stereocenters. The fourth-order valence-corrected chi connectivity index (χ4v) is 3.42. The molecule has 0 spiro atoms. The quantitative estimate of drug-likeness (QED) is 0.634. The minimum absolute atomic E-state index is 0.0371. The van der Waals surface area contributed by atoms with E-state index in [0.29, 0.717) is 29.2 Å². The fraction of sp³-hybridized carbons (Fsp3) is 0.217. The number of terminal acetylenes is 1. The molecule has 0 saturated carbocycles. The SMILES string of the molecule is C#Cc1ccc2c(c1)N(C)C(=O)[C@@H](NC(=O)c1n[nH]c(Cc3ccccc3)n1)[C@@H](C)O2. The van der Waals surface area contributed by atoms with E-state index in [0.717, 1.165) is 5.56 Å². The van der Waals surface area contributed by atoms with Crippen molar-refractivity contribution in [1.29, 1.82) is 0 Å². The van der Waals surface area contributed by atoms with Crippen LogP contribution in [0.1, 0.15) is 34.5 Å². The second kappa shape index (κ2) is 8.32. The van der Waals surface area contributed by atoms with Crippen LogP contribution < -0.4 is 15.0 Å². The molecule has 1 aromatic heterocycles. The van der Waals surface area contributed by atoms with Crippen LogP contribution in [0, 0.1) is 12.3 Å². The molecule has 0 radical (unpaired) electrons. The number of nitrogens with zero attached hydrogens (tertiary/aromatic N) is 3. The minimum Gasteiger partial charge on any atom is -0.486 e. The van der Waals surface area contributed by atoms with Gasteiger partial charge in [0.1, 0.15) is 23.7 Å². The highest BCUT2D eigenvalue weighted by Gasteiger charge is 2.36. The molecule has 2 heterocycles. The maximum atomic E-state index is 13.1. The number of carbonyl (C=O) groups excluding carboxylic acids is 2. The first kappa shape index (κ1) is 20.2. The molecule has 156 valence electrons. The average molecular weight is 415 g/mol. The summed E-state index contributed by atoms with van der Waals surface area (Å²) in [5, 5.41) is 9.48. The Labute approximate surface area is 179 Å². The van der Waals surface area contributed by atoms with Gasteiger partial charge in [0, 0.05) is 19.0 Å². The van der Waals surface area contributed by atoms with Gasteiger partial charge in [-0.2, -0.15) is 0 Å². The first-order chi connectivity index (χ1) is 15.0. The number of nitrogens with one attached hydrogen (secondary N) is 2. The Bertz CT molecular complexity index is 1170. The summed E-state index contributed by atoms with van der Waals surface area (Å²) in [6, 6.07) is 14.0. The Kier molecular flexibility index (Phi) is 5.41. The number of amides is 2. The van der Waals surface area contributed by atoms with Crippen molar-refractivity contribution in [2.45, 2.75) is 25.5 Å². The average Bonchev–Trinajstić information content (AvgIpc) is 3.22. The Hall–Kier alpha value is -4.12. The topological polar surface area (TPSA) is 100 Å². The third-order valence-corrected chi connectivity index (χ3v) is 5.10. The zero-order valence-corrected chi connectivity index (χ0v) is 17.1. The Morgan fingerprint density at radius 3 is 2.81 bits per heavy atom. The summed E-state index contributed by atoms with van der Waals surface area (Å²) in [5.41, 5.74) is 2.22. The number of aromatic nitrogens is 3. The van der Waals surface area contributed by atoms with Crippen LogP contribution in [0.4, 0.5) is 5.69 Å². The van der Waals surface area contributed by atoms with Crippen LogP contribution in [-0.4, -0.2) is 46.2 Å². The smallest absolute Gasteiger partial charge is 0.291 e. The summed E-state index contributed by atoms with van der Waals surface area (Å²) in [6.45, 7) is 1.72. The van der Waals surface area contributed by atoms with Crippen LogP contribution >= 0.6 is 0 Å². The minimum atomic E-state index is -0.921. The standard InChI is InChI=1S/C23H21N5O3/c1-4-15-10-11-18-17(12-15)28(3)23(30)20(14(2)31-18)25-22(29)21-24-19(26-27-21)13-16-8-6-5-7-9-16/h1,5-12,14,20H,13H2,2-3H3,(H,25,29)(H,24,26,27)/t14-,20+/m1/s1. The van der Waals surface area contributed by atoms with Gasteiger partial charge in [-0.05, 0) is 30.7 Å². The van der Waals surface area contributed by atoms with E-state index in [4.69, 9.17) is 11.2 Å². The van der Waals surface area contributed by atoms with Gasteiger partial charge in [-0.15, -0.1) is 11.5 Å². The molecule has 2 N–H and O–H groups in total. The molecule has 2 amide bonds. The van der Waals surface area contributed by atoms with Crippen LogP contribution in [0.25, 0.3) is 0 Å². The number of anilines is 1. The molecule has 3 aromatic rings. The molecule has 1 aliphatic heterocycles. The van der Waals surface area contributed by atoms with Crippen molar-refractivity contribution in [1.82, 2.24) is 20.5 Å². The summed E-state index contributed by atoms with van der Waals surface area (Å²) >= 11 is 0. The van der Waals surface area contributed by atoms with E-state index in [1.165, 1.54) is 4.90 Å². The molecule has 0 fully saturated rings. The van der Waals surface area contributed by atoms with E-state index in [-0.39, 0.29) is 11.7 Å². The van der Waals surface area contributed by atoms with Gasteiger partial charge in [0.05, 0.1) is 5.69 Å². The van der Waals surface area contributed by atoms with Gasteiger partial charge < -0.3 is 15.0 Å². The highest BCUT2D eigenvalue weighted by Crippen LogP contribution is 2.33. The molecule has 0 aliphatic carbocycles. The van der Waals surface area contributed by atoms with E-state index in [2.05, 4.69) is 26.4 Å². The predicted octanol–water partition coefficient (Wildman–Crippen LogP) is 1.92. The Morgan fingerprint density at radius 1 is 1.29 bits per heavy atom. The summed E-state index contributed by atoms with van der Waals surface area (Å²) in [6.07, 6.45) is 5.37. The van der Waals surface area contributed by atoms with E-state index < -0.39 is 18.1 Å². The van der Waals surface area contributed by atoms with Crippen LogP contribution in [0.5, 0.6) is 5.75 Å². The van der Waals surface area contributed by atoms with Crippen LogP contribution in [-0.2, 0) is 11.2 Å². The monoisotopic (exact) mass is 415 g/mol. The summed E-state index contributed by atoms with van der Waals surface area (Å²) in [4.78, 5) is 31.5. The molecular weight excluding hydrogens is 394 g/mol. The predicted molar refractivity (Wildman–Crippen MR) is 115 cm³/mol. The number of hydrogen-bond donors (Lipinski definition) is 2. The van der Waals surface area contributed by atoms with Crippen molar-refractivity contribution in [2.24, 2.45) is 0 Å². The third-order valence-electron chi connectivity index (χ3n) is 5.10. The summed E-state index contributed by atoms with van der Waals surface area (Å²) < 4.78 is 5.94. The Morgan fingerprint density at radius 2 is 2.06 bits per heavy atom. The number of rotatable bonds is 4. The van der Waals surface area contributed by atoms with E-state index in [1.807, 2.05) is 30.3 Å². The molecule has 2 atom stereocenters. The second-order valence-electron chi connectivity index (χ2n) is 7.27. The van der Waals surface area contributed by atoms with Crippen molar-refractivity contribution in [3.05, 3.63) is 71.3 Å². The van der Waals surface area contributed by atoms with Crippen molar-refractivity contribution in [3.63, 3.8) is 0 Å².